The molecule has 0 atom stereocenters. The quantitative estimate of drug-likeness (QED) is 0.170. The Morgan fingerprint density at radius 1 is 0.840 bits per heavy atom. The van der Waals surface area contributed by atoms with Crippen LogP contribution in [0.15, 0.2) is 60.1 Å². The van der Waals surface area contributed by atoms with Crippen molar-refractivity contribution < 1.29 is 14.6 Å². The van der Waals surface area contributed by atoms with Crippen molar-refractivity contribution in [1.29, 1.82) is 0 Å². The molecule has 1 N–H and O–H groups in total. The summed E-state index contributed by atoms with van der Waals surface area (Å²) in [7, 11) is 0. The van der Waals surface area contributed by atoms with Gasteiger partial charge in [-0.25, -0.2) is 4.79 Å². The van der Waals surface area contributed by atoms with Crippen LogP contribution in [0.25, 0.3) is 0 Å². The number of ether oxygens (including phenoxy) is 1. The molecule has 0 amide bonds. The zero-order valence-electron chi connectivity index (χ0n) is 15.5. The second-order valence-corrected chi connectivity index (χ2v) is 6.29. The number of unbranched alkanes of at least 4 members (excludes halogenated alkanes) is 9. The Labute approximate surface area is 152 Å². The molecule has 3 heteroatoms. The van der Waals surface area contributed by atoms with Crippen LogP contribution >= 0.6 is 0 Å². The lowest BCUT2D eigenvalue weighted by atomic mass is 10.1. The Balaban J connectivity index is 1.99. The highest BCUT2D eigenvalue weighted by molar-refractivity contribution is 5.80. The third-order valence-corrected chi connectivity index (χ3v) is 3.99. The summed E-state index contributed by atoms with van der Waals surface area (Å²) in [5, 5.41) is 8.44. The van der Waals surface area contributed by atoms with E-state index in [0.29, 0.717) is 0 Å². The maximum Gasteiger partial charge on any atom is 0.328 e. The van der Waals surface area contributed by atoms with Crippen molar-refractivity contribution >= 4 is 5.97 Å². The van der Waals surface area contributed by atoms with E-state index in [9.17, 15) is 4.79 Å². The van der Waals surface area contributed by atoms with Gasteiger partial charge in [-0.2, -0.15) is 0 Å². The fourth-order valence-corrected chi connectivity index (χ4v) is 2.49. The highest BCUT2D eigenvalue weighted by atomic mass is 16.6. The Morgan fingerprint density at radius 2 is 1.44 bits per heavy atom. The van der Waals surface area contributed by atoms with Crippen molar-refractivity contribution in [3.05, 3.63) is 60.1 Å². The molecule has 0 saturated carbocycles. The van der Waals surface area contributed by atoms with Crippen LogP contribution < -0.4 is 0 Å². The molecule has 3 nitrogen and oxygen atoms in total. The summed E-state index contributed by atoms with van der Waals surface area (Å²) in [6.45, 7) is 2.26. The van der Waals surface area contributed by atoms with Crippen molar-refractivity contribution in [3.63, 3.8) is 0 Å². The van der Waals surface area contributed by atoms with Gasteiger partial charge in [0.25, 0.3) is 0 Å². The Morgan fingerprint density at radius 3 is 2.08 bits per heavy atom. The molecule has 0 radical (unpaired) electrons. The molecular formula is C22H32O3. The number of epoxide rings is 1. The van der Waals surface area contributed by atoms with Gasteiger partial charge in [0, 0.05) is 6.08 Å². The van der Waals surface area contributed by atoms with Crippen LogP contribution in [0.1, 0.15) is 71.1 Å². The number of hydrogen-bond acceptors (Lipinski definition) is 2. The second-order valence-electron chi connectivity index (χ2n) is 6.29. The van der Waals surface area contributed by atoms with Gasteiger partial charge in [0.15, 0.2) is 11.5 Å². The number of rotatable bonds is 14. The van der Waals surface area contributed by atoms with Crippen LogP contribution in [-0.2, 0) is 9.53 Å². The largest absolute Gasteiger partial charge is 0.478 e. The maximum absolute atomic E-state index is 10.3. The van der Waals surface area contributed by atoms with Gasteiger partial charge in [0.1, 0.15) is 0 Å². The Kier molecular flexibility index (Phi) is 12.0. The van der Waals surface area contributed by atoms with Gasteiger partial charge in [-0.1, -0.05) is 88.7 Å². The number of carboxylic acids is 1. The Hall–Kier alpha value is -2.03. The SMILES string of the molecule is CCCCCCCCCCC/C=C/C=C1/O/C1=C\C=C\C=C\C(=O)O. The molecule has 1 fully saturated rings. The number of carboxylic acid groups (broad SMARTS) is 1. The van der Waals surface area contributed by atoms with Crippen molar-refractivity contribution in [3.8, 4) is 0 Å². The predicted molar refractivity (Wildman–Crippen MR) is 104 cm³/mol. The van der Waals surface area contributed by atoms with E-state index in [1.807, 2.05) is 12.2 Å². The van der Waals surface area contributed by atoms with Gasteiger partial charge < -0.3 is 9.84 Å². The van der Waals surface area contributed by atoms with E-state index < -0.39 is 5.97 Å². The molecule has 0 aromatic heterocycles. The average molecular weight is 344 g/mol. The minimum atomic E-state index is -0.947. The molecule has 1 aliphatic heterocycles. The first kappa shape index (κ1) is 21.0. The summed E-state index contributed by atoms with van der Waals surface area (Å²) in [5.74, 6) is 0.778. The molecule has 0 aromatic carbocycles. The smallest absolute Gasteiger partial charge is 0.328 e. The molecular weight excluding hydrogens is 312 g/mol. The zero-order valence-corrected chi connectivity index (χ0v) is 15.5. The molecule has 0 unspecified atom stereocenters. The second kappa shape index (κ2) is 14.3. The van der Waals surface area contributed by atoms with Crippen molar-refractivity contribution in [2.45, 2.75) is 71.1 Å². The van der Waals surface area contributed by atoms with Gasteiger partial charge in [0.05, 0.1) is 0 Å². The van der Waals surface area contributed by atoms with Crippen molar-refractivity contribution in [2.75, 3.05) is 0 Å². The summed E-state index contributed by atoms with van der Waals surface area (Å²) in [5.41, 5.74) is 0. The minimum absolute atomic E-state index is 0.840. The molecule has 138 valence electrons. The van der Waals surface area contributed by atoms with E-state index in [-0.39, 0.29) is 0 Å². The monoisotopic (exact) mass is 344 g/mol. The summed E-state index contributed by atoms with van der Waals surface area (Å²) in [4.78, 5) is 10.3. The molecule has 0 aromatic rings. The summed E-state index contributed by atoms with van der Waals surface area (Å²) in [6.07, 6.45) is 27.4. The predicted octanol–water partition coefficient (Wildman–Crippen LogP) is 6.46. The molecule has 1 heterocycles. The van der Waals surface area contributed by atoms with E-state index in [0.717, 1.165) is 24.0 Å². The lowest BCUT2D eigenvalue weighted by molar-refractivity contribution is -0.131. The molecule has 1 saturated heterocycles. The number of carbonyl (C=O) groups is 1. The standard InChI is InChI=1S/C22H32O3/c1-2-3-4-5-6-7-8-9-10-11-12-14-17-20-21(25-20)18-15-13-16-19-22(23)24/h12-19H,2-11H2,1H3,(H,23,24)/b14-12+,15-13+,19-16+,20-17+,21-18-. The molecule has 1 rings (SSSR count). The lowest BCUT2D eigenvalue weighted by Gasteiger charge is -2.00. The third kappa shape index (κ3) is 13.0. The highest BCUT2D eigenvalue weighted by Crippen LogP contribution is 2.31. The van der Waals surface area contributed by atoms with E-state index in [4.69, 9.17) is 9.84 Å². The number of aliphatic carboxylic acids is 1. The third-order valence-electron chi connectivity index (χ3n) is 3.99. The first-order valence-electron chi connectivity index (χ1n) is 9.57. The van der Waals surface area contributed by atoms with E-state index in [1.165, 1.54) is 63.9 Å². The molecule has 1 aliphatic rings. The highest BCUT2D eigenvalue weighted by Gasteiger charge is 2.21. The first-order valence-corrected chi connectivity index (χ1v) is 9.57. The normalized spacial score (nSPS) is 17.3. The van der Waals surface area contributed by atoms with Gasteiger partial charge in [0.2, 0.25) is 0 Å². The average Bonchev–Trinajstić information content (AvgIpc) is 3.33. The molecule has 25 heavy (non-hydrogen) atoms. The fraction of sp³-hybridized carbons (Fsp3) is 0.500. The fourth-order valence-electron chi connectivity index (χ4n) is 2.49. The molecule has 0 spiro atoms. The summed E-state index contributed by atoms with van der Waals surface area (Å²) < 4.78 is 5.32. The van der Waals surface area contributed by atoms with Gasteiger partial charge >= 0.3 is 5.97 Å². The van der Waals surface area contributed by atoms with Crippen molar-refractivity contribution in [1.82, 2.24) is 0 Å². The zero-order chi connectivity index (χ0) is 18.2. The maximum atomic E-state index is 10.3. The van der Waals surface area contributed by atoms with Crippen LogP contribution in [0.4, 0.5) is 0 Å². The van der Waals surface area contributed by atoms with Crippen LogP contribution in [0.3, 0.4) is 0 Å². The van der Waals surface area contributed by atoms with E-state index in [2.05, 4.69) is 19.1 Å². The van der Waals surface area contributed by atoms with Crippen LogP contribution in [0.5, 0.6) is 0 Å². The van der Waals surface area contributed by atoms with Gasteiger partial charge in [-0.3, -0.25) is 0 Å². The summed E-state index contributed by atoms with van der Waals surface area (Å²) in [6, 6.07) is 0. The van der Waals surface area contributed by atoms with Crippen LogP contribution in [0.2, 0.25) is 0 Å². The van der Waals surface area contributed by atoms with Crippen LogP contribution in [-0.4, -0.2) is 11.1 Å². The van der Waals surface area contributed by atoms with Gasteiger partial charge in [-0.05, 0) is 25.0 Å². The first-order chi connectivity index (χ1) is 12.2. The summed E-state index contributed by atoms with van der Waals surface area (Å²) >= 11 is 0. The van der Waals surface area contributed by atoms with Crippen LogP contribution in [0, 0.1) is 0 Å². The molecule has 0 bridgehead atoms. The molecule has 0 aliphatic carbocycles. The Bertz CT molecular complexity index is 521. The van der Waals surface area contributed by atoms with Crippen molar-refractivity contribution in [2.24, 2.45) is 0 Å². The minimum Gasteiger partial charge on any atom is -0.478 e. The van der Waals surface area contributed by atoms with E-state index >= 15 is 0 Å². The number of allylic oxidation sites excluding steroid dienone is 7. The number of hydrogen-bond donors (Lipinski definition) is 1. The van der Waals surface area contributed by atoms with E-state index in [1.54, 1.807) is 12.2 Å². The lowest BCUT2D eigenvalue weighted by Crippen LogP contribution is -1.84. The van der Waals surface area contributed by atoms with Gasteiger partial charge in [-0.15, -0.1) is 0 Å². The topological polar surface area (TPSA) is 49.8 Å².